The average molecular weight is 392 g/mol. The van der Waals surface area contributed by atoms with Crippen molar-refractivity contribution >= 4 is 31.9 Å². The quantitative estimate of drug-likeness (QED) is 0.535. The summed E-state index contributed by atoms with van der Waals surface area (Å²) in [5.41, 5.74) is 0. The summed E-state index contributed by atoms with van der Waals surface area (Å²) in [7, 11) is 0. The maximum absolute atomic E-state index is 6.28. The lowest BCUT2D eigenvalue weighted by atomic mass is 9.99. The number of rotatable bonds is 4. The maximum atomic E-state index is 6.28. The Hall–Kier alpha value is 0.180. The van der Waals surface area contributed by atoms with E-state index in [2.05, 4.69) is 44.7 Å². The molecule has 2 aliphatic heterocycles. The second-order valence-electron chi connectivity index (χ2n) is 5.14. The van der Waals surface area contributed by atoms with Crippen molar-refractivity contribution in [3.8, 4) is 12.3 Å². The van der Waals surface area contributed by atoms with Crippen LogP contribution in [-0.2, 0) is 9.47 Å². The SMILES string of the molecule is C#CC=CC[C@@H]1O[C@@H](C(Br)CC)C[C@@H]2O[C@H]1C[C@@H]2Br. The number of alkyl halides is 2. The first-order valence-corrected chi connectivity index (χ1v) is 8.69. The lowest BCUT2D eigenvalue weighted by molar-refractivity contribution is -0.0523. The molecule has 0 spiro atoms. The van der Waals surface area contributed by atoms with Crippen LogP contribution in [0.3, 0.4) is 0 Å². The second-order valence-corrected chi connectivity index (χ2v) is 7.49. The zero-order chi connectivity index (χ0) is 13.8. The van der Waals surface area contributed by atoms with E-state index in [-0.39, 0.29) is 24.4 Å². The van der Waals surface area contributed by atoms with Gasteiger partial charge in [0.15, 0.2) is 0 Å². The van der Waals surface area contributed by atoms with Crippen LogP contribution in [0, 0.1) is 12.3 Å². The molecule has 1 unspecified atom stereocenters. The Balaban J connectivity index is 2.07. The number of halogens is 2. The van der Waals surface area contributed by atoms with Crippen LogP contribution < -0.4 is 0 Å². The van der Waals surface area contributed by atoms with E-state index >= 15 is 0 Å². The van der Waals surface area contributed by atoms with Gasteiger partial charge < -0.3 is 9.47 Å². The van der Waals surface area contributed by atoms with Gasteiger partial charge in [0.2, 0.25) is 0 Å². The molecule has 0 aromatic rings. The van der Waals surface area contributed by atoms with Crippen LogP contribution in [0.15, 0.2) is 12.2 Å². The summed E-state index contributed by atoms with van der Waals surface area (Å²) in [6.07, 6.45) is 13.6. The van der Waals surface area contributed by atoms with Gasteiger partial charge in [0, 0.05) is 16.1 Å². The van der Waals surface area contributed by atoms with Crippen molar-refractivity contribution in [1.82, 2.24) is 0 Å². The third-order valence-corrected chi connectivity index (χ3v) is 6.02. The molecule has 2 fully saturated rings. The van der Waals surface area contributed by atoms with Crippen LogP contribution in [0.1, 0.15) is 32.6 Å². The van der Waals surface area contributed by atoms with E-state index in [4.69, 9.17) is 15.9 Å². The van der Waals surface area contributed by atoms with Crippen molar-refractivity contribution < 1.29 is 9.47 Å². The summed E-state index contributed by atoms with van der Waals surface area (Å²) in [6, 6.07) is 0. The molecule has 2 saturated heterocycles. The van der Waals surface area contributed by atoms with Crippen LogP contribution in [-0.4, -0.2) is 34.1 Å². The third-order valence-electron chi connectivity index (χ3n) is 3.82. The molecule has 19 heavy (non-hydrogen) atoms. The standard InChI is InChI=1S/C15H20Br2O2/c1-3-5-6-7-12-15-8-11(17)14(19-15)9-13(18-12)10(16)4-2/h1,5-6,10-15H,4,7-9H2,2H3/t10?,11-,12-,13+,14-,15-/m0/s1. The minimum Gasteiger partial charge on any atom is -0.371 e. The molecule has 106 valence electrons. The van der Waals surface area contributed by atoms with Gasteiger partial charge in [-0.05, 0) is 25.3 Å². The predicted molar refractivity (Wildman–Crippen MR) is 84.9 cm³/mol. The van der Waals surface area contributed by atoms with Gasteiger partial charge in [0.05, 0.1) is 24.4 Å². The molecular weight excluding hydrogens is 372 g/mol. The molecule has 0 aromatic carbocycles. The first-order valence-electron chi connectivity index (χ1n) is 6.85. The van der Waals surface area contributed by atoms with Gasteiger partial charge in [-0.1, -0.05) is 50.8 Å². The van der Waals surface area contributed by atoms with Gasteiger partial charge in [-0.15, -0.1) is 6.42 Å². The molecule has 0 N–H and O–H groups in total. The van der Waals surface area contributed by atoms with Gasteiger partial charge in [0.1, 0.15) is 0 Å². The van der Waals surface area contributed by atoms with Crippen molar-refractivity contribution in [1.29, 1.82) is 0 Å². The van der Waals surface area contributed by atoms with E-state index in [0.717, 1.165) is 25.7 Å². The molecule has 2 nitrogen and oxygen atoms in total. The smallest absolute Gasteiger partial charge is 0.0876 e. The van der Waals surface area contributed by atoms with E-state index < -0.39 is 0 Å². The zero-order valence-electron chi connectivity index (χ0n) is 11.1. The molecule has 0 radical (unpaired) electrons. The lowest BCUT2D eigenvalue weighted by Crippen LogP contribution is -2.36. The molecule has 6 atom stereocenters. The molecule has 2 heterocycles. The van der Waals surface area contributed by atoms with Crippen LogP contribution in [0.2, 0.25) is 0 Å². The fourth-order valence-electron chi connectivity index (χ4n) is 2.75. The molecule has 2 rings (SSSR count). The lowest BCUT2D eigenvalue weighted by Gasteiger charge is -2.29. The fraction of sp³-hybridized carbons (Fsp3) is 0.733. The first kappa shape index (κ1) is 15.6. The minimum absolute atomic E-state index is 0.105. The Morgan fingerprint density at radius 1 is 1.37 bits per heavy atom. The highest BCUT2D eigenvalue weighted by Crippen LogP contribution is 2.38. The molecule has 0 aromatic heterocycles. The molecule has 2 bridgehead atoms. The van der Waals surface area contributed by atoms with Gasteiger partial charge in [0.25, 0.3) is 0 Å². The average Bonchev–Trinajstić information content (AvgIpc) is 2.66. The highest BCUT2D eigenvalue weighted by molar-refractivity contribution is 9.09. The Bertz CT molecular complexity index is 364. The van der Waals surface area contributed by atoms with Crippen molar-refractivity contribution in [3.05, 3.63) is 12.2 Å². The highest BCUT2D eigenvalue weighted by Gasteiger charge is 2.44. The number of hydrogen-bond donors (Lipinski definition) is 0. The Labute approximate surface area is 132 Å². The monoisotopic (exact) mass is 390 g/mol. The van der Waals surface area contributed by atoms with E-state index in [1.165, 1.54) is 0 Å². The van der Waals surface area contributed by atoms with Crippen LogP contribution >= 0.6 is 31.9 Å². The van der Waals surface area contributed by atoms with Crippen molar-refractivity contribution in [2.24, 2.45) is 0 Å². The van der Waals surface area contributed by atoms with Crippen LogP contribution in [0.4, 0.5) is 0 Å². The minimum atomic E-state index is 0.105. The molecular formula is C15H20Br2O2. The summed E-state index contributed by atoms with van der Waals surface area (Å²) < 4.78 is 12.4. The summed E-state index contributed by atoms with van der Waals surface area (Å²) in [5.74, 6) is 2.52. The second kappa shape index (κ2) is 7.26. The topological polar surface area (TPSA) is 18.5 Å². The zero-order valence-corrected chi connectivity index (χ0v) is 14.3. The van der Waals surface area contributed by atoms with Gasteiger partial charge >= 0.3 is 0 Å². The van der Waals surface area contributed by atoms with Crippen molar-refractivity contribution in [3.63, 3.8) is 0 Å². The number of hydrogen-bond acceptors (Lipinski definition) is 2. The number of ether oxygens (including phenoxy) is 2. The maximum Gasteiger partial charge on any atom is 0.0876 e. The van der Waals surface area contributed by atoms with E-state index in [1.54, 1.807) is 6.08 Å². The van der Waals surface area contributed by atoms with Gasteiger partial charge in [-0.2, -0.15) is 0 Å². The Morgan fingerprint density at radius 3 is 2.84 bits per heavy atom. The van der Waals surface area contributed by atoms with E-state index in [9.17, 15) is 0 Å². The van der Waals surface area contributed by atoms with Gasteiger partial charge in [-0.3, -0.25) is 0 Å². The number of terminal acetylenes is 1. The van der Waals surface area contributed by atoms with E-state index in [0.29, 0.717) is 9.65 Å². The van der Waals surface area contributed by atoms with Crippen molar-refractivity contribution in [2.75, 3.05) is 0 Å². The summed E-state index contributed by atoms with van der Waals surface area (Å²) in [5, 5.41) is 0. The first-order chi connectivity index (χ1) is 9.15. The molecule has 0 saturated carbocycles. The largest absolute Gasteiger partial charge is 0.371 e. The normalized spacial score (nSPS) is 40.0. The number of allylic oxidation sites excluding steroid dienone is 1. The highest BCUT2D eigenvalue weighted by atomic mass is 79.9. The summed E-state index contributed by atoms with van der Waals surface area (Å²) in [6.45, 7) is 2.17. The summed E-state index contributed by atoms with van der Waals surface area (Å²) >= 11 is 7.47. The fourth-order valence-corrected chi connectivity index (χ4v) is 3.80. The number of fused-ring (bicyclic) bond motifs is 2. The van der Waals surface area contributed by atoms with Crippen LogP contribution in [0.25, 0.3) is 0 Å². The third kappa shape index (κ3) is 3.85. The molecule has 0 aliphatic carbocycles. The Kier molecular flexibility index (Phi) is 5.95. The molecule has 2 aliphatic rings. The van der Waals surface area contributed by atoms with E-state index in [1.807, 2.05) is 6.08 Å². The summed E-state index contributed by atoms with van der Waals surface area (Å²) in [4.78, 5) is 0.828. The van der Waals surface area contributed by atoms with Crippen molar-refractivity contribution in [2.45, 2.75) is 66.7 Å². The molecule has 4 heteroatoms. The predicted octanol–water partition coefficient (Wildman–Crippen LogP) is 3.82. The Morgan fingerprint density at radius 2 is 2.16 bits per heavy atom. The van der Waals surface area contributed by atoms with Gasteiger partial charge in [-0.25, -0.2) is 0 Å². The molecule has 0 amide bonds. The van der Waals surface area contributed by atoms with Crippen LogP contribution in [0.5, 0.6) is 0 Å².